The molecule has 0 bridgehead atoms. The number of sulfone groups is 1. The molecule has 1 atom stereocenters. The lowest BCUT2D eigenvalue weighted by molar-refractivity contribution is 0.0703. The fourth-order valence-corrected chi connectivity index (χ4v) is 3.55. The van der Waals surface area contributed by atoms with Gasteiger partial charge >= 0.3 is 0 Å². The van der Waals surface area contributed by atoms with Crippen LogP contribution in [0.1, 0.15) is 17.4 Å². The van der Waals surface area contributed by atoms with Crippen LogP contribution in [0, 0.1) is 0 Å². The zero-order valence-electron chi connectivity index (χ0n) is 9.91. The highest BCUT2D eigenvalue weighted by atomic mass is 32.2. The summed E-state index contributed by atoms with van der Waals surface area (Å²) < 4.78 is 22.9. The maximum atomic E-state index is 12.2. The molecular weight excluding hydrogens is 256 g/mol. The van der Waals surface area contributed by atoms with Crippen molar-refractivity contribution in [3.8, 4) is 5.75 Å². The molecule has 18 heavy (non-hydrogen) atoms. The van der Waals surface area contributed by atoms with E-state index in [2.05, 4.69) is 4.98 Å². The molecule has 2 heterocycles. The Morgan fingerprint density at radius 1 is 1.56 bits per heavy atom. The number of pyridine rings is 1. The van der Waals surface area contributed by atoms with Crippen molar-refractivity contribution in [3.05, 3.63) is 24.0 Å². The van der Waals surface area contributed by atoms with E-state index in [-0.39, 0.29) is 29.5 Å². The normalized spacial score (nSPS) is 22.7. The third-order valence-corrected chi connectivity index (χ3v) is 4.72. The number of carbonyl (C=O) groups excluding carboxylic acids is 1. The van der Waals surface area contributed by atoms with E-state index < -0.39 is 21.8 Å². The molecule has 7 heteroatoms. The average molecular weight is 270 g/mol. The Balaban J connectivity index is 2.23. The van der Waals surface area contributed by atoms with Gasteiger partial charge in [-0.25, -0.2) is 13.4 Å². The second-order valence-corrected chi connectivity index (χ2v) is 6.56. The number of hydrogen-bond donors (Lipinski definition) is 1. The molecule has 1 aliphatic heterocycles. The van der Waals surface area contributed by atoms with Gasteiger partial charge < -0.3 is 10.0 Å². The molecule has 1 aliphatic rings. The summed E-state index contributed by atoms with van der Waals surface area (Å²) in [5, 5.41) is 9.57. The highest BCUT2D eigenvalue weighted by Gasteiger charge is 2.33. The number of carbonyl (C=O) groups is 1. The van der Waals surface area contributed by atoms with Crippen molar-refractivity contribution < 1.29 is 18.3 Å². The topological polar surface area (TPSA) is 87.6 Å². The minimum absolute atomic E-state index is 0.0383. The van der Waals surface area contributed by atoms with Crippen molar-refractivity contribution in [3.63, 3.8) is 0 Å². The van der Waals surface area contributed by atoms with E-state index in [9.17, 15) is 18.3 Å². The second kappa shape index (κ2) is 4.56. The summed E-state index contributed by atoms with van der Waals surface area (Å²) in [6.07, 6.45) is 1.41. The molecule has 98 valence electrons. The van der Waals surface area contributed by atoms with E-state index in [0.717, 1.165) is 0 Å². The predicted octanol–water partition coefficient (Wildman–Crippen LogP) is 0.0463. The molecule has 2 rings (SSSR count). The number of aromatic hydroxyl groups is 1. The monoisotopic (exact) mass is 270 g/mol. The van der Waals surface area contributed by atoms with Gasteiger partial charge in [0.2, 0.25) is 0 Å². The molecule has 1 aromatic rings. The van der Waals surface area contributed by atoms with Crippen LogP contribution in [0.5, 0.6) is 5.75 Å². The molecule has 0 spiro atoms. The van der Waals surface area contributed by atoms with Gasteiger partial charge in [0.15, 0.2) is 15.5 Å². The van der Waals surface area contributed by atoms with E-state index in [4.69, 9.17) is 0 Å². The molecule has 1 saturated heterocycles. The van der Waals surface area contributed by atoms with Crippen molar-refractivity contribution in [1.82, 2.24) is 9.88 Å². The van der Waals surface area contributed by atoms with Crippen LogP contribution in [0.4, 0.5) is 0 Å². The molecule has 0 radical (unpaired) electrons. The van der Waals surface area contributed by atoms with Crippen LogP contribution in [-0.4, -0.2) is 53.4 Å². The molecule has 1 fully saturated rings. The minimum Gasteiger partial charge on any atom is -0.505 e. The molecule has 0 saturated carbocycles. The maximum absolute atomic E-state index is 12.2. The van der Waals surface area contributed by atoms with Crippen molar-refractivity contribution >= 4 is 15.7 Å². The first kappa shape index (κ1) is 12.8. The smallest absolute Gasteiger partial charge is 0.276 e. The predicted molar refractivity (Wildman–Crippen MR) is 65.1 cm³/mol. The fraction of sp³-hybridized carbons (Fsp3) is 0.455. The summed E-state index contributed by atoms with van der Waals surface area (Å²) in [5.74, 6) is -0.721. The molecule has 1 N–H and O–H groups in total. The van der Waals surface area contributed by atoms with E-state index in [0.29, 0.717) is 0 Å². The van der Waals surface area contributed by atoms with Gasteiger partial charge in [-0.15, -0.1) is 0 Å². The van der Waals surface area contributed by atoms with E-state index >= 15 is 0 Å². The Morgan fingerprint density at radius 2 is 2.28 bits per heavy atom. The number of nitrogens with zero attached hydrogens (tertiary/aromatic N) is 2. The van der Waals surface area contributed by atoms with Crippen molar-refractivity contribution in [2.75, 3.05) is 18.1 Å². The molecule has 0 aromatic carbocycles. The fourth-order valence-electron chi connectivity index (χ4n) is 2.00. The van der Waals surface area contributed by atoms with Crippen LogP contribution in [-0.2, 0) is 9.84 Å². The lowest BCUT2D eigenvalue weighted by atomic mass is 10.2. The molecule has 0 aliphatic carbocycles. The van der Waals surface area contributed by atoms with Crippen LogP contribution >= 0.6 is 0 Å². The molecular formula is C11H14N2O4S. The van der Waals surface area contributed by atoms with E-state index in [1.54, 1.807) is 6.92 Å². The van der Waals surface area contributed by atoms with Crippen LogP contribution < -0.4 is 0 Å². The zero-order chi connectivity index (χ0) is 13.3. The first-order valence-corrected chi connectivity index (χ1v) is 7.38. The summed E-state index contributed by atoms with van der Waals surface area (Å²) in [6.45, 7) is 1.81. The zero-order valence-corrected chi connectivity index (χ0v) is 10.7. The van der Waals surface area contributed by atoms with Crippen LogP contribution in [0.25, 0.3) is 0 Å². The number of rotatable bonds is 1. The van der Waals surface area contributed by atoms with Gasteiger partial charge in [-0.3, -0.25) is 4.79 Å². The Kier molecular flexibility index (Phi) is 3.25. The summed E-state index contributed by atoms with van der Waals surface area (Å²) in [5.41, 5.74) is -0.0383. The maximum Gasteiger partial charge on any atom is 0.276 e. The average Bonchev–Trinajstić information content (AvgIpc) is 2.27. The van der Waals surface area contributed by atoms with Gasteiger partial charge in [0, 0.05) is 18.8 Å². The van der Waals surface area contributed by atoms with Gasteiger partial charge in [0.25, 0.3) is 5.91 Å². The lowest BCUT2D eigenvalue weighted by Gasteiger charge is -2.32. The first-order valence-electron chi connectivity index (χ1n) is 5.56. The highest BCUT2D eigenvalue weighted by Crippen LogP contribution is 2.19. The lowest BCUT2D eigenvalue weighted by Crippen LogP contribution is -2.49. The van der Waals surface area contributed by atoms with Crippen molar-refractivity contribution in [2.45, 2.75) is 13.0 Å². The quantitative estimate of drug-likeness (QED) is 0.779. The standard InChI is InChI=1S/C11H14N2O4S/c1-8-7-18(16,17)6-5-13(8)11(15)10-9(14)3-2-4-12-10/h2-4,8,14H,5-7H2,1H3. The Hall–Kier alpha value is -1.63. The van der Waals surface area contributed by atoms with Crippen LogP contribution in [0.3, 0.4) is 0 Å². The number of amides is 1. The Morgan fingerprint density at radius 3 is 2.89 bits per heavy atom. The second-order valence-electron chi connectivity index (χ2n) is 4.33. The SMILES string of the molecule is CC1CS(=O)(=O)CCN1C(=O)c1ncccc1O. The molecule has 1 aromatic heterocycles. The summed E-state index contributed by atoms with van der Waals surface area (Å²) in [7, 11) is -3.07. The van der Waals surface area contributed by atoms with Gasteiger partial charge in [0.05, 0.1) is 11.5 Å². The van der Waals surface area contributed by atoms with Gasteiger partial charge in [-0.2, -0.15) is 0 Å². The van der Waals surface area contributed by atoms with Crippen LogP contribution in [0.15, 0.2) is 18.3 Å². The minimum atomic E-state index is -3.07. The van der Waals surface area contributed by atoms with Gasteiger partial charge in [-0.05, 0) is 19.1 Å². The molecule has 1 unspecified atom stereocenters. The van der Waals surface area contributed by atoms with E-state index in [1.807, 2.05) is 0 Å². The summed E-state index contributed by atoms with van der Waals surface area (Å²) >= 11 is 0. The third-order valence-electron chi connectivity index (χ3n) is 2.92. The highest BCUT2D eigenvalue weighted by molar-refractivity contribution is 7.91. The van der Waals surface area contributed by atoms with Gasteiger partial charge in [0.1, 0.15) is 5.75 Å². The number of hydrogen-bond acceptors (Lipinski definition) is 5. The van der Waals surface area contributed by atoms with Crippen molar-refractivity contribution in [1.29, 1.82) is 0 Å². The van der Waals surface area contributed by atoms with E-state index in [1.165, 1.54) is 23.2 Å². The summed E-state index contributed by atoms with van der Waals surface area (Å²) in [6, 6.07) is 2.50. The third kappa shape index (κ3) is 2.45. The Labute approximate surface area is 105 Å². The van der Waals surface area contributed by atoms with Crippen LogP contribution in [0.2, 0.25) is 0 Å². The van der Waals surface area contributed by atoms with Gasteiger partial charge in [-0.1, -0.05) is 0 Å². The number of aromatic nitrogens is 1. The Bertz CT molecular complexity index is 570. The molecule has 1 amide bonds. The first-order chi connectivity index (χ1) is 8.41. The summed E-state index contributed by atoms with van der Waals surface area (Å²) in [4.78, 5) is 17.4. The largest absolute Gasteiger partial charge is 0.505 e. The van der Waals surface area contributed by atoms with Crippen molar-refractivity contribution in [2.24, 2.45) is 0 Å². The molecule has 6 nitrogen and oxygen atoms in total.